The van der Waals surface area contributed by atoms with E-state index < -0.39 is 3.92 Å². The SMILES string of the molecule is Cc1ccc(SC(F)(Cl)Cl)o1. The van der Waals surface area contributed by atoms with Crippen molar-refractivity contribution >= 4 is 35.0 Å². The van der Waals surface area contributed by atoms with Crippen molar-refractivity contribution in [2.24, 2.45) is 0 Å². The van der Waals surface area contributed by atoms with E-state index in [1.54, 1.807) is 19.1 Å². The van der Waals surface area contributed by atoms with Gasteiger partial charge in [-0.1, -0.05) is 23.2 Å². The monoisotopic (exact) mass is 214 g/mol. The van der Waals surface area contributed by atoms with Crippen molar-refractivity contribution in [2.75, 3.05) is 0 Å². The Bertz CT molecular complexity index is 243. The molecule has 0 saturated heterocycles. The Labute approximate surface area is 77.9 Å². The van der Waals surface area contributed by atoms with Gasteiger partial charge in [0, 0.05) is 0 Å². The van der Waals surface area contributed by atoms with Crippen molar-refractivity contribution in [3.63, 3.8) is 0 Å². The minimum absolute atomic E-state index is 0.370. The van der Waals surface area contributed by atoms with Crippen molar-refractivity contribution in [3.8, 4) is 0 Å². The maximum Gasteiger partial charge on any atom is 0.312 e. The molecule has 0 bridgehead atoms. The summed E-state index contributed by atoms with van der Waals surface area (Å²) in [6.07, 6.45) is 0. The molecule has 11 heavy (non-hydrogen) atoms. The lowest BCUT2D eigenvalue weighted by molar-refractivity contribution is 0.441. The maximum atomic E-state index is 12.5. The smallest absolute Gasteiger partial charge is 0.312 e. The lowest BCUT2D eigenvalue weighted by Gasteiger charge is -2.03. The third-order valence-corrected chi connectivity index (χ3v) is 2.05. The van der Waals surface area contributed by atoms with Gasteiger partial charge in [-0.15, -0.1) is 0 Å². The van der Waals surface area contributed by atoms with E-state index in [1.807, 2.05) is 0 Å². The summed E-state index contributed by atoms with van der Waals surface area (Å²) < 4.78 is 15.2. The van der Waals surface area contributed by atoms with Crippen LogP contribution in [-0.4, -0.2) is 3.92 Å². The van der Waals surface area contributed by atoms with Crippen molar-refractivity contribution < 1.29 is 8.81 Å². The molecule has 0 spiro atoms. The Morgan fingerprint density at radius 1 is 1.55 bits per heavy atom. The maximum absolute atomic E-state index is 12.5. The quantitative estimate of drug-likeness (QED) is 0.550. The first kappa shape index (κ1) is 9.23. The van der Waals surface area contributed by atoms with Gasteiger partial charge in [0.1, 0.15) is 5.76 Å². The molecule has 0 saturated carbocycles. The van der Waals surface area contributed by atoms with Crippen LogP contribution >= 0.6 is 35.0 Å². The molecule has 0 unspecified atom stereocenters. The zero-order chi connectivity index (χ0) is 8.48. The lowest BCUT2D eigenvalue weighted by atomic mass is 10.5. The minimum atomic E-state index is -2.32. The minimum Gasteiger partial charge on any atom is -0.455 e. The average Bonchev–Trinajstić information content (AvgIpc) is 2.10. The van der Waals surface area contributed by atoms with E-state index in [0.29, 0.717) is 22.6 Å². The molecule has 5 heteroatoms. The van der Waals surface area contributed by atoms with E-state index in [1.165, 1.54) is 0 Å². The molecule has 0 fully saturated rings. The third-order valence-electron chi connectivity index (χ3n) is 0.932. The van der Waals surface area contributed by atoms with Crippen LogP contribution in [-0.2, 0) is 0 Å². The molecule has 1 aromatic heterocycles. The Morgan fingerprint density at radius 3 is 2.55 bits per heavy atom. The summed E-state index contributed by atoms with van der Waals surface area (Å²) in [7, 11) is 0. The highest BCUT2D eigenvalue weighted by atomic mass is 35.5. The van der Waals surface area contributed by atoms with Crippen LogP contribution in [0.2, 0.25) is 0 Å². The fraction of sp³-hybridized carbons (Fsp3) is 0.333. The molecule has 1 rings (SSSR count). The van der Waals surface area contributed by atoms with Crippen LogP contribution in [0.4, 0.5) is 4.39 Å². The Morgan fingerprint density at radius 2 is 2.18 bits per heavy atom. The van der Waals surface area contributed by atoms with E-state index in [9.17, 15) is 4.39 Å². The summed E-state index contributed by atoms with van der Waals surface area (Å²) in [5.74, 6) is 0.699. The number of hydrogen-bond donors (Lipinski definition) is 0. The first-order chi connectivity index (χ1) is 4.97. The average molecular weight is 215 g/mol. The molecule has 0 aliphatic heterocycles. The zero-order valence-corrected chi connectivity index (χ0v) is 7.93. The third kappa shape index (κ3) is 3.36. The van der Waals surface area contributed by atoms with Crippen LogP contribution in [0.5, 0.6) is 0 Å². The highest BCUT2D eigenvalue weighted by Gasteiger charge is 2.25. The highest BCUT2D eigenvalue weighted by Crippen LogP contribution is 2.41. The molecule has 0 N–H and O–H groups in total. The molecule has 0 radical (unpaired) electrons. The number of halogens is 3. The Hall–Kier alpha value is 0.140. The number of hydrogen-bond acceptors (Lipinski definition) is 2. The van der Waals surface area contributed by atoms with Gasteiger partial charge in [0.05, 0.1) is 0 Å². The number of aryl methyl sites for hydroxylation is 1. The van der Waals surface area contributed by atoms with Gasteiger partial charge in [0.15, 0.2) is 5.09 Å². The number of rotatable bonds is 2. The molecule has 0 atom stereocenters. The van der Waals surface area contributed by atoms with Crippen molar-refractivity contribution in [2.45, 2.75) is 15.9 Å². The second-order valence-corrected chi connectivity index (χ2v) is 4.77. The van der Waals surface area contributed by atoms with E-state index in [0.717, 1.165) is 0 Å². The molecule has 1 nitrogen and oxygen atoms in total. The second-order valence-electron chi connectivity index (χ2n) is 1.91. The fourth-order valence-electron chi connectivity index (χ4n) is 0.581. The van der Waals surface area contributed by atoms with Crippen LogP contribution in [0.1, 0.15) is 5.76 Å². The summed E-state index contributed by atoms with van der Waals surface area (Å²) in [6.45, 7) is 1.76. The number of furan rings is 1. The van der Waals surface area contributed by atoms with Crippen molar-refractivity contribution in [1.82, 2.24) is 0 Å². The van der Waals surface area contributed by atoms with Crippen molar-refractivity contribution in [3.05, 3.63) is 17.9 Å². The van der Waals surface area contributed by atoms with Gasteiger partial charge < -0.3 is 4.42 Å². The standard InChI is InChI=1S/C6H5Cl2FOS/c1-4-2-3-5(10-4)11-6(7,8)9/h2-3H,1H3. The molecule has 1 aromatic rings. The predicted molar refractivity (Wildman–Crippen MR) is 44.8 cm³/mol. The largest absolute Gasteiger partial charge is 0.455 e. The number of thioether (sulfide) groups is 1. The van der Waals surface area contributed by atoms with Gasteiger partial charge in [0.25, 0.3) is 0 Å². The van der Waals surface area contributed by atoms with Gasteiger partial charge in [-0.05, 0) is 30.8 Å². The molecule has 62 valence electrons. The summed E-state index contributed by atoms with van der Waals surface area (Å²) >= 11 is 10.8. The molecule has 0 aliphatic rings. The summed E-state index contributed by atoms with van der Waals surface area (Å²) in [6, 6.07) is 3.32. The normalized spacial score (nSPS) is 12.0. The molecule has 0 aliphatic carbocycles. The molecule has 1 heterocycles. The van der Waals surface area contributed by atoms with Crippen LogP contribution in [0.25, 0.3) is 0 Å². The summed E-state index contributed by atoms with van der Waals surface area (Å²) in [5.41, 5.74) is 0. The van der Waals surface area contributed by atoms with Gasteiger partial charge in [-0.2, -0.15) is 4.39 Å². The van der Waals surface area contributed by atoms with Crippen LogP contribution in [0.3, 0.4) is 0 Å². The Balaban J connectivity index is 2.65. The van der Waals surface area contributed by atoms with Crippen LogP contribution in [0.15, 0.2) is 21.6 Å². The van der Waals surface area contributed by atoms with E-state index in [2.05, 4.69) is 0 Å². The van der Waals surface area contributed by atoms with Gasteiger partial charge in [0.2, 0.25) is 0 Å². The van der Waals surface area contributed by atoms with Gasteiger partial charge in [-0.3, -0.25) is 0 Å². The molecular weight excluding hydrogens is 210 g/mol. The lowest BCUT2D eigenvalue weighted by Crippen LogP contribution is -1.93. The predicted octanol–water partition coefficient (Wildman–Crippen LogP) is 3.74. The van der Waals surface area contributed by atoms with E-state index in [-0.39, 0.29) is 0 Å². The summed E-state index contributed by atoms with van der Waals surface area (Å²) in [4.78, 5) is 0. The fourth-order valence-corrected chi connectivity index (χ4v) is 1.57. The van der Waals surface area contributed by atoms with Gasteiger partial charge in [-0.25, -0.2) is 0 Å². The van der Waals surface area contributed by atoms with Crippen molar-refractivity contribution in [1.29, 1.82) is 0 Å². The topological polar surface area (TPSA) is 13.1 Å². The van der Waals surface area contributed by atoms with E-state index >= 15 is 0 Å². The van der Waals surface area contributed by atoms with Crippen LogP contribution in [0, 0.1) is 6.92 Å². The second kappa shape index (κ2) is 3.25. The van der Waals surface area contributed by atoms with E-state index in [4.69, 9.17) is 27.6 Å². The first-order valence-electron chi connectivity index (χ1n) is 2.79. The first-order valence-corrected chi connectivity index (χ1v) is 4.37. The number of alkyl halides is 3. The highest BCUT2D eigenvalue weighted by molar-refractivity contribution is 8.02. The molecular formula is C6H5Cl2FOS. The molecule has 0 amide bonds. The van der Waals surface area contributed by atoms with Gasteiger partial charge >= 0.3 is 3.92 Å². The summed E-state index contributed by atoms with van der Waals surface area (Å²) in [5, 5.41) is 0.370. The zero-order valence-electron chi connectivity index (χ0n) is 5.61. The Kier molecular flexibility index (Phi) is 2.73. The molecule has 0 aromatic carbocycles. The van der Waals surface area contributed by atoms with Crippen LogP contribution < -0.4 is 0 Å².